The number of anilines is 1. The summed E-state index contributed by atoms with van der Waals surface area (Å²) in [5.41, 5.74) is 1.41. The molecule has 19 heavy (non-hydrogen) atoms. The lowest BCUT2D eigenvalue weighted by molar-refractivity contribution is 0.0982. The number of benzene rings is 1. The third kappa shape index (κ3) is 2.50. The highest BCUT2D eigenvalue weighted by Crippen LogP contribution is 2.37. The molecule has 0 radical (unpaired) electrons. The molecule has 1 aromatic heterocycles. The Morgan fingerprint density at radius 1 is 1.42 bits per heavy atom. The van der Waals surface area contributed by atoms with Crippen LogP contribution in [0.25, 0.3) is 0 Å². The Bertz CT molecular complexity index is 585. The third-order valence-electron chi connectivity index (χ3n) is 3.07. The van der Waals surface area contributed by atoms with Crippen molar-refractivity contribution < 1.29 is 4.79 Å². The molecule has 1 aliphatic rings. The van der Waals surface area contributed by atoms with Crippen molar-refractivity contribution in [2.24, 2.45) is 0 Å². The maximum Gasteiger partial charge on any atom is 0.279 e. The molecule has 3 rings (SSSR count). The lowest BCUT2D eigenvalue weighted by Gasteiger charge is -2.21. The minimum absolute atomic E-state index is 0.0594. The van der Waals surface area contributed by atoms with Crippen molar-refractivity contribution >= 4 is 35.1 Å². The van der Waals surface area contributed by atoms with Crippen LogP contribution in [-0.2, 0) is 0 Å². The SMILES string of the molecule is CC1CCN(C(=O)c2cnsn2)c2ccccc2S1. The van der Waals surface area contributed by atoms with Gasteiger partial charge in [-0.3, -0.25) is 4.79 Å². The van der Waals surface area contributed by atoms with Crippen LogP contribution in [0.3, 0.4) is 0 Å². The van der Waals surface area contributed by atoms with E-state index in [2.05, 4.69) is 21.7 Å². The molecular formula is C13H13N3OS2. The summed E-state index contributed by atoms with van der Waals surface area (Å²) in [7, 11) is 0. The van der Waals surface area contributed by atoms with Gasteiger partial charge in [-0.25, -0.2) is 0 Å². The fraction of sp³-hybridized carbons (Fsp3) is 0.308. The molecule has 1 atom stereocenters. The lowest BCUT2D eigenvalue weighted by atomic mass is 10.2. The zero-order valence-electron chi connectivity index (χ0n) is 10.4. The van der Waals surface area contributed by atoms with Crippen LogP contribution in [0.2, 0.25) is 0 Å². The van der Waals surface area contributed by atoms with Crippen LogP contribution in [-0.4, -0.2) is 26.4 Å². The molecule has 6 heteroatoms. The molecule has 2 heterocycles. The highest BCUT2D eigenvalue weighted by atomic mass is 32.2. The quantitative estimate of drug-likeness (QED) is 0.810. The van der Waals surface area contributed by atoms with Crippen molar-refractivity contribution in [1.29, 1.82) is 0 Å². The lowest BCUT2D eigenvalue weighted by Crippen LogP contribution is -2.32. The maximum absolute atomic E-state index is 12.5. The van der Waals surface area contributed by atoms with E-state index in [1.807, 2.05) is 34.9 Å². The van der Waals surface area contributed by atoms with Crippen molar-refractivity contribution in [1.82, 2.24) is 8.75 Å². The number of thioether (sulfide) groups is 1. The number of hydrogen-bond donors (Lipinski definition) is 0. The number of carbonyl (C=O) groups excluding carboxylic acids is 1. The van der Waals surface area contributed by atoms with Crippen LogP contribution in [0.1, 0.15) is 23.8 Å². The maximum atomic E-state index is 12.5. The molecule has 2 aromatic rings. The molecule has 4 nitrogen and oxygen atoms in total. The molecule has 98 valence electrons. The largest absolute Gasteiger partial charge is 0.306 e. The van der Waals surface area contributed by atoms with Gasteiger partial charge < -0.3 is 4.90 Å². The zero-order chi connectivity index (χ0) is 13.2. The van der Waals surface area contributed by atoms with E-state index in [0.29, 0.717) is 10.9 Å². The number of carbonyl (C=O) groups is 1. The Labute approximate surface area is 120 Å². The predicted molar refractivity (Wildman–Crippen MR) is 78.0 cm³/mol. The van der Waals surface area contributed by atoms with Crippen LogP contribution < -0.4 is 4.90 Å². The monoisotopic (exact) mass is 291 g/mol. The van der Waals surface area contributed by atoms with Crippen LogP contribution in [0.4, 0.5) is 5.69 Å². The second-order valence-electron chi connectivity index (χ2n) is 4.43. The smallest absolute Gasteiger partial charge is 0.279 e. The second-order valence-corrected chi connectivity index (χ2v) is 6.47. The number of hydrogen-bond acceptors (Lipinski definition) is 5. The average Bonchev–Trinajstić information content (AvgIpc) is 2.89. The van der Waals surface area contributed by atoms with Gasteiger partial charge in [0, 0.05) is 16.7 Å². The molecule has 0 saturated carbocycles. The predicted octanol–water partition coefficient (Wildman–Crippen LogP) is 3.07. The van der Waals surface area contributed by atoms with Crippen molar-refractivity contribution in [3.63, 3.8) is 0 Å². The van der Waals surface area contributed by atoms with Gasteiger partial charge >= 0.3 is 0 Å². The van der Waals surface area contributed by atoms with Crippen molar-refractivity contribution in [3.05, 3.63) is 36.2 Å². The Hall–Kier alpha value is -1.40. The molecule has 0 fully saturated rings. The molecule has 0 N–H and O–H groups in total. The fourth-order valence-electron chi connectivity index (χ4n) is 2.09. The second kappa shape index (κ2) is 5.30. The van der Waals surface area contributed by atoms with E-state index < -0.39 is 0 Å². The highest BCUT2D eigenvalue weighted by molar-refractivity contribution is 8.00. The number of amides is 1. The van der Waals surface area contributed by atoms with Crippen LogP contribution >= 0.6 is 23.5 Å². The first-order valence-corrected chi connectivity index (χ1v) is 7.72. The number of para-hydroxylation sites is 1. The average molecular weight is 291 g/mol. The molecule has 0 aliphatic carbocycles. The Kier molecular flexibility index (Phi) is 3.52. The fourth-order valence-corrected chi connectivity index (χ4v) is 3.62. The summed E-state index contributed by atoms with van der Waals surface area (Å²) >= 11 is 2.89. The number of fused-ring (bicyclic) bond motifs is 1. The van der Waals surface area contributed by atoms with Gasteiger partial charge in [0.15, 0.2) is 5.69 Å². The number of nitrogens with zero attached hydrogens (tertiary/aromatic N) is 3. The molecular weight excluding hydrogens is 278 g/mol. The molecule has 0 spiro atoms. The zero-order valence-corrected chi connectivity index (χ0v) is 12.1. The van der Waals surface area contributed by atoms with Gasteiger partial charge in [-0.2, -0.15) is 8.75 Å². The Balaban J connectivity index is 2.00. The van der Waals surface area contributed by atoms with Crippen LogP contribution in [0, 0.1) is 0 Å². The van der Waals surface area contributed by atoms with Gasteiger partial charge in [-0.1, -0.05) is 19.1 Å². The summed E-state index contributed by atoms with van der Waals surface area (Å²) in [4.78, 5) is 15.5. The van der Waals surface area contributed by atoms with Gasteiger partial charge in [0.25, 0.3) is 5.91 Å². The van der Waals surface area contributed by atoms with Crippen molar-refractivity contribution in [2.75, 3.05) is 11.4 Å². The van der Waals surface area contributed by atoms with Crippen molar-refractivity contribution in [2.45, 2.75) is 23.5 Å². The molecule has 1 unspecified atom stereocenters. The van der Waals surface area contributed by atoms with E-state index in [-0.39, 0.29) is 5.91 Å². The number of aromatic nitrogens is 2. The Morgan fingerprint density at radius 3 is 3.05 bits per heavy atom. The van der Waals surface area contributed by atoms with E-state index in [1.54, 1.807) is 0 Å². The van der Waals surface area contributed by atoms with E-state index >= 15 is 0 Å². The molecule has 1 aromatic carbocycles. The molecule has 1 amide bonds. The summed E-state index contributed by atoms with van der Waals surface area (Å²) < 4.78 is 7.96. The molecule has 0 bridgehead atoms. The summed E-state index contributed by atoms with van der Waals surface area (Å²) in [6, 6.07) is 8.05. The first kappa shape index (κ1) is 12.6. The molecule has 0 saturated heterocycles. The summed E-state index contributed by atoms with van der Waals surface area (Å²) in [5, 5.41) is 0.507. The first-order chi connectivity index (χ1) is 9.25. The van der Waals surface area contributed by atoms with E-state index in [4.69, 9.17) is 0 Å². The molecule has 1 aliphatic heterocycles. The topological polar surface area (TPSA) is 46.1 Å². The van der Waals surface area contributed by atoms with Gasteiger partial charge in [0.05, 0.1) is 23.6 Å². The van der Waals surface area contributed by atoms with Gasteiger partial charge in [0.1, 0.15) is 0 Å². The van der Waals surface area contributed by atoms with E-state index in [1.165, 1.54) is 6.20 Å². The summed E-state index contributed by atoms with van der Waals surface area (Å²) in [6.45, 7) is 2.92. The summed E-state index contributed by atoms with van der Waals surface area (Å²) in [5.74, 6) is -0.0594. The van der Waals surface area contributed by atoms with Gasteiger partial charge in [-0.15, -0.1) is 11.8 Å². The van der Waals surface area contributed by atoms with Gasteiger partial charge in [0.2, 0.25) is 0 Å². The van der Waals surface area contributed by atoms with Crippen molar-refractivity contribution in [3.8, 4) is 0 Å². The minimum atomic E-state index is -0.0594. The normalized spacial score (nSPS) is 18.8. The first-order valence-electron chi connectivity index (χ1n) is 6.11. The Morgan fingerprint density at radius 2 is 2.26 bits per heavy atom. The highest BCUT2D eigenvalue weighted by Gasteiger charge is 2.26. The third-order valence-corrected chi connectivity index (χ3v) is 4.78. The van der Waals surface area contributed by atoms with E-state index in [9.17, 15) is 4.79 Å². The van der Waals surface area contributed by atoms with Crippen LogP contribution in [0.5, 0.6) is 0 Å². The summed E-state index contributed by atoms with van der Waals surface area (Å²) in [6.07, 6.45) is 2.51. The van der Waals surface area contributed by atoms with Gasteiger partial charge in [-0.05, 0) is 18.6 Å². The number of rotatable bonds is 1. The standard InChI is InChI=1S/C13H13N3OS2/c1-9-6-7-16(13(17)10-8-14-19-15-10)11-4-2-3-5-12(11)18-9/h2-5,8-9H,6-7H2,1H3. The van der Waals surface area contributed by atoms with Crippen LogP contribution in [0.15, 0.2) is 35.4 Å². The van der Waals surface area contributed by atoms with E-state index in [0.717, 1.165) is 35.3 Å². The minimum Gasteiger partial charge on any atom is -0.306 e.